The Kier molecular flexibility index (Phi) is 5.51. The largest absolute Gasteiger partial charge is 0.456 e. The number of hydrogen-bond acceptors (Lipinski definition) is 2. The van der Waals surface area contributed by atoms with E-state index < -0.39 is 0 Å². The molecule has 0 fully saturated rings. The molecule has 2 aromatic rings. The molecule has 0 radical (unpaired) electrons. The van der Waals surface area contributed by atoms with Crippen molar-refractivity contribution in [1.82, 2.24) is 0 Å². The Morgan fingerprint density at radius 2 is 1.77 bits per heavy atom. The molecular weight excluding hydrogens is 318 g/mol. The fourth-order valence-corrected chi connectivity index (χ4v) is 3.61. The molecule has 1 aliphatic heterocycles. The van der Waals surface area contributed by atoms with E-state index in [0.717, 1.165) is 31.0 Å². The van der Waals surface area contributed by atoms with Crippen LogP contribution in [0.3, 0.4) is 0 Å². The van der Waals surface area contributed by atoms with Gasteiger partial charge in [0, 0.05) is 35.6 Å². The molecule has 26 heavy (non-hydrogen) atoms. The van der Waals surface area contributed by atoms with Crippen molar-refractivity contribution in [3.05, 3.63) is 64.0 Å². The van der Waals surface area contributed by atoms with Crippen LogP contribution < -0.4 is 20.1 Å². The van der Waals surface area contributed by atoms with Crippen molar-refractivity contribution in [2.75, 3.05) is 18.0 Å². The van der Waals surface area contributed by atoms with Crippen molar-refractivity contribution in [3.8, 4) is 11.5 Å². The Labute approximate surface area is 157 Å². The van der Waals surface area contributed by atoms with Crippen LogP contribution >= 0.6 is 0 Å². The van der Waals surface area contributed by atoms with E-state index in [2.05, 4.69) is 88.1 Å². The maximum Gasteiger partial charge on any atom is 0.137 e. The zero-order chi connectivity index (χ0) is 18.7. The second-order valence-corrected chi connectivity index (χ2v) is 6.67. The van der Waals surface area contributed by atoms with Crippen molar-refractivity contribution in [2.45, 2.75) is 41.0 Å². The van der Waals surface area contributed by atoms with Gasteiger partial charge in [-0.3, -0.25) is 0 Å². The SMILES string of the molecule is C/C=C(\C)C1=c2cc/c(=C/CC)cc2Oc2cc(N(CC)CC)ccc21. The van der Waals surface area contributed by atoms with E-state index >= 15 is 0 Å². The lowest BCUT2D eigenvalue weighted by molar-refractivity contribution is 0.471. The molecule has 0 saturated carbocycles. The summed E-state index contributed by atoms with van der Waals surface area (Å²) < 4.78 is 6.37. The molecule has 0 spiro atoms. The van der Waals surface area contributed by atoms with Crippen LogP contribution in [0.25, 0.3) is 11.6 Å². The van der Waals surface area contributed by atoms with Gasteiger partial charge in [-0.1, -0.05) is 31.2 Å². The number of ether oxygens (including phenoxy) is 1. The second kappa shape index (κ2) is 7.82. The summed E-state index contributed by atoms with van der Waals surface area (Å²) in [5.41, 5.74) is 4.94. The summed E-state index contributed by atoms with van der Waals surface area (Å²) in [4.78, 5) is 2.35. The lowest BCUT2D eigenvalue weighted by Crippen LogP contribution is -2.23. The maximum absolute atomic E-state index is 6.37. The van der Waals surface area contributed by atoms with Gasteiger partial charge in [0.2, 0.25) is 0 Å². The molecule has 136 valence electrons. The topological polar surface area (TPSA) is 12.5 Å². The number of benzene rings is 2. The molecule has 0 saturated heterocycles. The molecule has 0 atom stereocenters. The third-order valence-corrected chi connectivity index (χ3v) is 5.13. The lowest BCUT2D eigenvalue weighted by Gasteiger charge is -2.26. The van der Waals surface area contributed by atoms with E-state index in [4.69, 9.17) is 4.74 Å². The van der Waals surface area contributed by atoms with E-state index in [1.165, 1.54) is 32.8 Å². The third kappa shape index (κ3) is 3.29. The van der Waals surface area contributed by atoms with Gasteiger partial charge in [-0.2, -0.15) is 0 Å². The first-order chi connectivity index (χ1) is 12.6. The standard InChI is InChI=1S/C24H29NO/c1-6-10-18-11-13-20-22(15-18)26-23-16-19(25(8-3)9-4)12-14-21(23)24(20)17(5)7-2/h7,10-16H,6,8-9H2,1-5H3/b17-7+,18-10-. The maximum atomic E-state index is 6.37. The van der Waals surface area contributed by atoms with Crippen LogP contribution in [-0.4, -0.2) is 13.1 Å². The highest BCUT2D eigenvalue weighted by Crippen LogP contribution is 2.38. The monoisotopic (exact) mass is 347 g/mol. The number of hydrogen-bond donors (Lipinski definition) is 0. The van der Waals surface area contributed by atoms with Gasteiger partial charge in [0.25, 0.3) is 0 Å². The van der Waals surface area contributed by atoms with E-state index in [0.29, 0.717) is 0 Å². The Hall–Kier alpha value is -2.48. The predicted octanol–water partition coefficient (Wildman–Crippen LogP) is 4.99. The van der Waals surface area contributed by atoms with Crippen LogP contribution in [0.4, 0.5) is 5.69 Å². The summed E-state index contributed by atoms with van der Waals surface area (Å²) in [6, 6.07) is 13.1. The summed E-state index contributed by atoms with van der Waals surface area (Å²) in [6.45, 7) is 12.8. The molecule has 0 unspecified atom stereocenters. The number of anilines is 1. The van der Waals surface area contributed by atoms with Crippen molar-refractivity contribution >= 4 is 17.3 Å². The minimum absolute atomic E-state index is 0.951. The molecule has 2 heteroatoms. The number of allylic oxidation sites excluding steroid dienone is 2. The fraction of sp³-hybridized carbons (Fsp3) is 0.333. The number of nitrogens with zero attached hydrogens (tertiary/aromatic N) is 1. The fourth-order valence-electron chi connectivity index (χ4n) is 3.61. The molecule has 2 aromatic carbocycles. The van der Waals surface area contributed by atoms with Gasteiger partial charge in [-0.25, -0.2) is 0 Å². The zero-order valence-corrected chi connectivity index (χ0v) is 16.6. The van der Waals surface area contributed by atoms with E-state index in [1.54, 1.807) is 0 Å². The first kappa shape index (κ1) is 18.3. The molecule has 1 aliphatic rings. The predicted molar refractivity (Wildman–Crippen MR) is 112 cm³/mol. The third-order valence-electron chi connectivity index (χ3n) is 5.13. The smallest absolute Gasteiger partial charge is 0.137 e. The Morgan fingerprint density at radius 1 is 1.00 bits per heavy atom. The van der Waals surface area contributed by atoms with Gasteiger partial charge >= 0.3 is 0 Å². The van der Waals surface area contributed by atoms with Crippen LogP contribution in [0, 0.1) is 0 Å². The molecule has 0 aromatic heterocycles. The summed E-state index contributed by atoms with van der Waals surface area (Å²) in [6.07, 6.45) is 5.43. The van der Waals surface area contributed by atoms with E-state index in [1.807, 2.05) is 0 Å². The Balaban J connectivity index is 2.26. The molecule has 2 nitrogen and oxygen atoms in total. The van der Waals surface area contributed by atoms with E-state index in [-0.39, 0.29) is 0 Å². The zero-order valence-electron chi connectivity index (χ0n) is 16.6. The van der Waals surface area contributed by atoms with Gasteiger partial charge in [0.1, 0.15) is 11.5 Å². The quantitative estimate of drug-likeness (QED) is 0.755. The molecule has 0 N–H and O–H groups in total. The minimum Gasteiger partial charge on any atom is -0.456 e. The van der Waals surface area contributed by atoms with Crippen molar-refractivity contribution < 1.29 is 4.74 Å². The average Bonchev–Trinajstić information content (AvgIpc) is 2.66. The molecule has 0 bridgehead atoms. The summed E-state index contributed by atoms with van der Waals surface area (Å²) >= 11 is 0. The first-order valence-electron chi connectivity index (χ1n) is 9.67. The van der Waals surface area contributed by atoms with Crippen molar-refractivity contribution in [2.24, 2.45) is 0 Å². The summed E-state index contributed by atoms with van der Waals surface area (Å²) in [5.74, 6) is 1.90. The molecular formula is C24H29NO. The summed E-state index contributed by atoms with van der Waals surface area (Å²) in [5, 5.41) is 2.39. The molecule has 3 rings (SSSR count). The van der Waals surface area contributed by atoms with Crippen LogP contribution in [0.2, 0.25) is 0 Å². The van der Waals surface area contributed by atoms with Crippen molar-refractivity contribution in [3.63, 3.8) is 0 Å². The van der Waals surface area contributed by atoms with E-state index in [9.17, 15) is 0 Å². The molecule has 1 heterocycles. The van der Waals surface area contributed by atoms with Gasteiger partial charge in [0.15, 0.2) is 0 Å². The van der Waals surface area contributed by atoms with Crippen LogP contribution in [0.15, 0.2) is 48.0 Å². The molecule has 0 aliphatic carbocycles. The Morgan fingerprint density at radius 3 is 2.42 bits per heavy atom. The van der Waals surface area contributed by atoms with Gasteiger partial charge in [-0.15, -0.1) is 0 Å². The van der Waals surface area contributed by atoms with Gasteiger partial charge < -0.3 is 9.64 Å². The van der Waals surface area contributed by atoms with Crippen molar-refractivity contribution in [1.29, 1.82) is 0 Å². The highest BCUT2D eigenvalue weighted by molar-refractivity contribution is 5.85. The van der Waals surface area contributed by atoms with Crippen LogP contribution in [0.5, 0.6) is 11.5 Å². The van der Waals surface area contributed by atoms with Crippen LogP contribution in [-0.2, 0) is 0 Å². The number of rotatable bonds is 5. The average molecular weight is 348 g/mol. The normalized spacial score (nSPS) is 14.0. The lowest BCUT2D eigenvalue weighted by atomic mass is 9.92. The van der Waals surface area contributed by atoms with Gasteiger partial charge in [0.05, 0.1) is 0 Å². The second-order valence-electron chi connectivity index (χ2n) is 6.67. The highest BCUT2D eigenvalue weighted by atomic mass is 16.5. The summed E-state index contributed by atoms with van der Waals surface area (Å²) in [7, 11) is 0. The van der Waals surface area contributed by atoms with Crippen LogP contribution in [0.1, 0.15) is 46.6 Å². The first-order valence-corrected chi connectivity index (χ1v) is 9.67. The minimum atomic E-state index is 0.951. The number of fused-ring (bicyclic) bond motifs is 2. The molecule has 0 amide bonds. The highest BCUT2D eigenvalue weighted by Gasteiger charge is 2.20. The Bertz CT molecular complexity index is 949. The van der Waals surface area contributed by atoms with Gasteiger partial charge in [-0.05, 0) is 68.7 Å².